The van der Waals surface area contributed by atoms with Crippen molar-refractivity contribution in [1.82, 2.24) is 0 Å². The second-order valence-corrected chi connectivity index (χ2v) is 3.66. The van der Waals surface area contributed by atoms with Crippen LogP contribution in [0.25, 0.3) is 0 Å². The third-order valence-corrected chi connectivity index (χ3v) is 2.49. The van der Waals surface area contributed by atoms with Crippen molar-refractivity contribution in [3.05, 3.63) is 0 Å². The fraction of sp³-hybridized carbons (Fsp3) is 0.889. The van der Waals surface area contributed by atoms with Crippen LogP contribution in [0, 0.1) is 11.3 Å². The van der Waals surface area contributed by atoms with Crippen LogP contribution in [-0.4, -0.2) is 29.6 Å². The van der Waals surface area contributed by atoms with Gasteiger partial charge >= 0.3 is 0 Å². The first-order valence-corrected chi connectivity index (χ1v) is 4.68. The summed E-state index contributed by atoms with van der Waals surface area (Å²) in [5, 5.41) is 18.1. The van der Waals surface area contributed by atoms with Crippen LogP contribution in [0.15, 0.2) is 0 Å². The number of hydrogen-bond acceptors (Lipinski definition) is 3. The van der Waals surface area contributed by atoms with Crippen LogP contribution in [-0.2, 0) is 4.74 Å². The maximum atomic E-state index is 12.5. The molecule has 0 heterocycles. The highest BCUT2D eigenvalue weighted by Crippen LogP contribution is 2.30. The first kappa shape index (κ1) is 12.3. The summed E-state index contributed by atoms with van der Waals surface area (Å²) in [6.07, 6.45) is -5.67. The minimum atomic E-state index is -3.15. The summed E-state index contributed by atoms with van der Waals surface area (Å²) in [5.41, 5.74) is -1.41. The lowest BCUT2D eigenvalue weighted by Gasteiger charge is -2.31. The van der Waals surface area contributed by atoms with Gasteiger partial charge in [0.15, 0.2) is 5.60 Å². The average Bonchev–Trinajstić information content (AvgIpc) is 2.21. The molecule has 0 aliphatic heterocycles. The van der Waals surface area contributed by atoms with Gasteiger partial charge in [-0.15, -0.1) is 0 Å². The Kier molecular flexibility index (Phi) is 3.94. The topological polar surface area (TPSA) is 53.2 Å². The number of aliphatic hydroxyl groups is 1. The molecule has 0 bridgehead atoms. The van der Waals surface area contributed by atoms with Crippen molar-refractivity contribution in [2.75, 3.05) is 0 Å². The minimum absolute atomic E-state index is 0.129. The molecule has 1 aliphatic carbocycles. The highest BCUT2D eigenvalue weighted by atomic mass is 19.3. The van der Waals surface area contributed by atoms with Gasteiger partial charge in [0, 0.05) is 0 Å². The number of nitriles is 1. The van der Waals surface area contributed by atoms with Crippen LogP contribution in [0.5, 0.6) is 0 Å². The number of hydrogen-bond donors (Lipinski definition) is 1. The van der Waals surface area contributed by atoms with Gasteiger partial charge in [-0.25, -0.2) is 13.2 Å². The molecular formula is C9H12F3NO2. The molecule has 1 aliphatic rings. The molecule has 1 rings (SSSR count). The van der Waals surface area contributed by atoms with Crippen molar-refractivity contribution < 1.29 is 23.0 Å². The molecule has 1 saturated carbocycles. The molecule has 0 saturated heterocycles. The van der Waals surface area contributed by atoms with Crippen LogP contribution in [0.4, 0.5) is 13.2 Å². The maximum absolute atomic E-state index is 12.5. The summed E-state index contributed by atoms with van der Waals surface area (Å²) >= 11 is 0. The molecule has 1 atom stereocenters. The smallest absolute Gasteiger partial charge is 0.293 e. The van der Waals surface area contributed by atoms with Gasteiger partial charge in [0.05, 0.1) is 12.2 Å². The van der Waals surface area contributed by atoms with E-state index in [4.69, 9.17) is 5.26 Å². The van der Waals surface area contributed by atoms with E-state index in [1.165, 1.54) is 0 Å². The van der Waals surface area contributed by atoms with Crippen molar-refractivity contribution in [2.24, 2.45) is 0 Å². The van der Waals surface area contributed by atoms with Crippen LogP contribution in [0.2, 0.25) is 0 Å². The van der Waals surface area contributed by atoms with E-state index < -0.39 is 24.5 Å². The quantitative estimate of drug-likeness (QED) is 0.742. The number of nitrogens with zero attached hydrogens (tertiary/aromatic N) is 1. The SMILES string of the molecule is N#CC1(O)CCC(OC(F)C(F)F)CC1. The number of alkyl halides is 3. The summed E-state index contributed by atoms with van der Waals surface area (Å²) in [7, 11) is 0. The van der Waals surface area contributed by atoms with E-state index >= 15 is 0 Å². The summed E-state index contributed by atoms with van der Waals surface area (Å²) in [4.78, 5) is 0. The average molecular weight is 223 g/mol. The molecule has 0 aromatic heterocycles. The largest absolute Gasteiger partial charge is 0.375 e. The van der Waals surface area contributed by atoms with E-state index in [0.29, 0.717) is 0 Å². The lowest BCUT2D eigenvalue weighted by atomic mass is 9.84. The molecule has 86 valence electrons. The normalized spacial score (nSPS) is 33.7. The van der Waals surface area contributed by atoms with Gasteiger partial charge < -0.3 is 9.84 Å². The van der Waals surface area contributed by atoms with Crippen molar-refractivity contribution in [1.29, 1.82) is 5.26 Å². The van der Waals surface area contributed by atoms with Crippen LogP contribution >= 0.6 is 0 Å². The van der Waals surface area contributed by atoms with Gasteiger partial charge in [0.1, 0.15) is 0 Å². The molecule has 1 unspecified atom stereocenters. The molecule has 6 heteroatoms. The van der Waals surface area contributed by atoms with Gasteiger partial charge in [-0.3, -0.25) is 0 Å². The first-order valence-electron chi connectivity index (χ1n) is 4.68. The Morgan fingerprint density at radius 1 is 1.33 bits per heavy atom. The fourth-order valence-corrected chi connectivity index (χ4v) is 1.56. The Morgan fingerprint density at radius 3 is 2.27 bits per heavy atom. The van der Waals surface area contributed by atoms with E-state index in [-0.39, 0.29) is 25.7 Å². The van der Waals surface area contributed by atoms with Gasteiger partial charge in [0.25, 0.3) is 12.8 Å². The van der Waals surface area contributed by atoms with Crippen molar-refractivity contribution in [3.8, 4) is 6.07 Å². The third kappa shape index (κ3) is 3.36. The molecule has 3 nitrogen and oxygen atoms in total. The van der Waals surface area contributed by atoms with Crippen molar-refractivity contribution >= 4 is 0 Å². The van der Waals surface area contributed by atoms with E-state index in [1.54, 1.807) is 6.07 Å². The number of ether oxygens (including phenoxy) is 1. The lowest BCUT2D eigenvalue weighted by Crippen LogP contribution is -2.37. The van der Waals surface area contributed by atoms with Gasteiger partial charge in [0.2, 0.25) is 0 Å². The Balaban J connectivity index is 2.36. The van der Waals surface area contributed by atoms with E-state index in [0.717, 1.165) is 0 Å². The van der Waals surface area contributed by atoms with Crippen LogP contribution in [0.3, 0.4) is 0 Å². The molecule has 1 fully saturated rings. The summed E-state index contributed by atoms with van der Waals surface area (Å²) < 4.78 is 40.5. The Bertz CT molecular complexity index is 246. The maximum Gasteiger partial charge on any atom is 0.293 e. The van der Waals surface area contributed by atoms with Crippen molar-refractivity contribution in [3.63, 3.8) is 0 Å². The summed E-state index contributed by atoms with van der Waals surface area (Å²) in [6.45, 7) is 0. The summed E-state index contributed by atoms with van der Waals surface area (Å²) in [5.74, 6) is 0. The molecule has 0 radical (unpaired) electrons. The molecule has 0 aromatic carbocycles. The highest BCUT2D eigenvalue weighted by molar-refractivity contribution is 5.02. The molecule has 0 aromatic rings. The van der Waals surface area contributed by atoms with Crippen molar-refractivity contribution in [2.45, 2.75) is 50.2 Å². The summed E-state index contributed by atoms with van der Waals surface area (Å²) in [6, 6.07) is 1.74. The zero-order valence-electron chi connectivity index (χ0n) is 8.00. The first-order chi connectivity index (χ1) is 6.97. The number of rotatable bonds is 3. The van der Waals surface area contributed by atoms with Crippen LogP contribution in [0.1, 0.15) is 25.7 Å². The highest BCUT2D eigenvalue weighted by Gasteiger charge is 2.35. The van der Waals surface area contributed by atoms with Gasteiger partial charge in [-0.05, 0) is 25.7 Å². The minimum Gasteiger partial charge on any atom is -0.375 e. The lowest BCUT2D eigenvalue weighted by molar-refractivity contribution is -0.170. The Hall–Kier alpha value is -0.800. The fourth-order valence-electron chi connectivity index (χ4n) is 1.56. The monoisotopic (exact) mass is 223 g/mol. The second-order valence-electron chi connectivity index (χ2n) is 3.66. The Labute approximate surface area is 85.4 Å². The standard InChI is InChI=1S/C9H12F3NO2/c10-7(11)8(12)15-6-1-3-9(14,5-13)4-2-6/h6-8,14H,1-4H2. The van der Waals surface area contributed by atoms with Crippen LogP contribution < -0.4 is 0 Å². The van der Waals surface area contributed by atoms with Gasteiger partial charge in [-0.2, -0.15) is 5.26 Å². The number of halogens is 3. The predicted octanol–water partition coefficient (Wildman–Crippen LogP) is 1.76. The zero-order chi connectivity index (χ0) is 11.5. The third-order valence-electron chi connectivity index (χ3n) is 2.49. The van der Waals surface area contributed by atoms with E-state index in [9.17, 15) is 18.3 Å². The van der Waals surface area contributed by atoms with Gasteiger partial charge in [-0.1, -0.05) is 0 Å². The Morgan fingerprint density at radius 2 is 1.87 bits per heavy atom. The zero-order valence-corrected chi connectivity index (χ0v) is 8.00. The second kappa shape index (κ2) is 4.81. The van der Waals surface area contributed by atoms with E-state index in [1.807, 2.05) is 0 Å². The molecule has 15 heavy (non-hydrogen) atoms. The molecule has 1 N–H and O–H groups in total. The molecule has 0 spiro atoms. The van der Waals surface area contributed by atoms with E-state index in [2.05, 4.69) is 4.74 Å². The molecule has 0 amide bonds. The predicted molar refractivity (Wildman–Crippen MR) is 44.8 cm³/mol. The molecular weight excluding hydrogens is 211 g/mol.